The van der Waals surface area contributed by atoms with Crippen LogP contribution in [0.15, 0.2) is 24.3 Å². The van der Waals surface area contributed by atoms with E-state index in [-0.39, 0.29) is 0 Å². The van der Waals surface area contributed by atoms with E-state index in [0.29, 0.717) is 6.54 Å². The van der Waals surface area contributed by atoms with Gasteiger partial charge in [0.25, 0.3) is 0 Å². The molecule has 0 amide bonds. The van der Waals surface area contributed by atoms with Gasteiger partial charge in [0.15, 0.2) is 0 Å². The lowest BCUT2D eigenvalue weighted by Gasteiger charge is -2.37. The molecule has 92 valence electrons. The van der Waals surface area contributed by atoms with Gasteiger partial charge in [-0.2, -0.15) is 0 Å². The maximum Gasteiger partial charge on any atom is 0.311 e. The van der Waals surface area contributed by atoms with Crippen LogP contribution >= 0.6 is 0 Å². The summed E-state index contributed by atoms with van der Waals surface area (Å²) in [5, 5.41) is 12.4. The smallest absolute Gasteiger partial charge is 0.311 e. The zero-order valence-electron chi connectivity index (χ0n) is 9.90. The number of benzene rings is 1. The van der Waals surface area contributed by atoms with Crippen molar-refractivity contribution >= 4 is 11.7 Å². The van der Waals surface area contributed by atoms with Gasteiger partial charge in [-0.05, 0) is 37.1 Å². The third-order valence-electron chi connectivity index (χ3n) is 3.49. The van der Waals surface area contributed by atoms with Gasteiger partial charge in [0.05, 0.1) is 12.5 Å². The highest BCUT2D eigenvalue weighted by Gasteiger charge is 2.44. The third-order valence-corrected chi connectivity index (χ3v) is 3.49. The number of carbonyl (C=O) groups is 1. The second-order valence-electron chi connectivity index (χ2n) is 4.52. The van der Waals surface area contributed by atoms with Gasteiger partial charge >= 0.3 is 5.97 Å². The monoisotopic (exact) mass is 235 g/mol. The Kier molecular flexibility index (Phi) is 3.22. The van der Waals surface area contributed by atoms with E-state index in [1.807, 2.05) is 24.3 Å². The Bertz CT molecular complexity index is 396. The average Bonchev–Trinajstić information content (AvgIpc) is 2.28. The van der Waals surface area contributed by atoms with Crippen LogP contribution in [0, 0.1) is 5.41 Å². The van der Waals surface area contributed by atoms with Crippen LogP contribution in [-0.2, 0) is 4.79 Å². The lowest BCUT2D eigenvalue weighted by molar-refractivity contribution is -0.153. The van der Waals surface area contributed by atoms with Crippen LogP contribution in [0.1, 0.15) is 19.3 Å². The molecule has 0 atom stereocenters. The molecule has 0 bridgehead atoms. The van der Waals surface area contributed by atoms with E-state index in [2.05, 4.69) is 5.32 Å². The Hall–Kier alpha value is -1.71. The van der Waals surface area contributed by atoms with Gasteiger partial charge in [0, 0.05) is 12.2 Å². The van der Waals surface area contributed by atoms with Gasteiger partial charge in [0.2, 0.25) is 0 Å². The predicted octanol–water partition coefficient (Wildman–Crippen LogP) is 2.36. The molecule has 0 aliphatic heterocycles. The van der Waals surface area contributed by atoms with Crippen molar-refractivity contribution in [3.63, 3.8) is 0 Å². The Morgan fingerprint density at radius 1 is 1.41 bits per heavy atom. The summed E-state index contributed by atoms with van der Waals surface area (Å²) in [6.45, 7) is 0.495. The number of nitrogens with one attached hydrogen (secondary N) is 1. The summed E-state index contributed by atoms with van der Waals surface area (Å²) in [6, 6.07) is 7.51. The Balaban J connectivity index is 1.94. The summed E-state index contributed by atoms with van der Waals surface area (Å²) in [5.74, 6) is 0.108. The molecule has 1 fully saturated rings. The zero-order valence-corrected chi connectivity index (χ0v) is 9.90. The van der Waals surface area contributed by atoms with Crippen molar-refractivity contribution in [3.05, 3.63) is 24.3 Å². The van der Waals surface area contributed by atoms with E-state index in [1.165, 1.54) is 0 Å². The Morgan fingerprint density at radius 3 is 2.47 bits per heavy atom. The third kappa shape index (κ3) is 2.35. The van der Waals surface area contributed by atoms with E-state index in [9.17, 15) is 9.90 Å². The van der Waals surface area contributed by atoms with E-state index < -0.39 is 11.4 Å². The molecule has 0 radical (unpaired) electrons. The molecular formula is C13H17NO3. The molecule has 0 unspecified atom stereocenters. The maximum atomic E-state index is 11.2. The highest BCUT2D eigenvalue weighted by molar-refractivity contribution is 5.76. The minimum atomic E-state index is -0.690. The van der Waals surface area contributed by atoms with Crippen molar-refractivity contribution in [1.82, 2.24) is 0 Å². The molecule has 2 rings (SSSR count). The summed E-state index contributed by atoms with van der Waals surface area (Å²) < 4.78 is 5.06. The van der Waals surface area contributed by atoms with Gasteiger partial charge in [-0.25, -0.2) is 0 Å². The normalized spacial score (nSPS) is 17.0. The number of carboxylic acid groups (broad SMARTS) is 1. The predicted molar refractivity (Wildman–Crippen MR) is 65.4 cm³/mol. The summed E-state index contributed by atoms with van der Waals surface area (Å²) >= 11 is 0. The Morgan fingerprint density at radius 2 is 2.06 bits per heavy atom. The lowest BCUT2D eigenvalue weighted by Crippen LogP contribution is -2.43. The van der Waals surface area contributed by atoms with Crippen molar-refractivity contribution in [2.45, 2.75) is 19.3 Å². The second-order valence-corrected chi connectivity index (χ2v) is 4.52. The molecule has 2 N–H and O–H groups in total. The molecule has 17 heavy (non-hydrogen) atoms. The van der Waals surface area contributed by atoms with Gasteiger partial charge < -0.3 is 15.2 Å². The first-order valence-electron chi connectivity index (χ1n) is 5.78. The molecule has 4 nitrogen and oxygen atoms in total. The molecule has 1 aliphatic rings. The molecule has 0 heterocycles. The SMILES string of the molecule is COc1ccc(NCC2(C(=O)O)CCC2)cc1. The molecular weight excluding hydrogens is 218 g/mol. The van der Waals surface area contributed by atoms with Gasteiger partial charge in [-0.1, -0.05) is 6.42 Å². The highest BCUT2D eigenvalue weighted by atomic mass is 16.5. The summed E-state index contributed by atoms with van der Waals surface area (Å²) in [5.41, 5.74) is 0.373. The fraction of sp³-hybridized carbons (Fsp3) is 0.462. The van der Waals surface area contributed by atoms with E-state index in [0.717, 1.165) is 30.7 Å². The minimum Gasteiger partial charge on any atom is -0.497 e. The fourth-order valence-corrected chi connectivity index (χ4v) is 2.05. The van der Waals surface area contributed by atoms with Crippen molar-refractivity contribution in [2.75, 3.05) is 19.0 Å². The number of aliphatic carboxylic acids is 1. The summed E-state index contributed by atoms with van der Waals surface area (Å²) in [6.07, 6.45) is 2.55. The van der Waals surface area contributed by atoms with Crippen LogP contribution in [0.2, 0.25) is 0 Å². The zero-order chi connectivity index (χ0) is 12.3. The number of anilines is 1. The molecule has 0 aromatic heterocycles. The van der Waals surface area contributed by atoms with E-state index in [1.54, 1.807) is 7.11 Å². The van der Waals surface area contributed by atoms with Crippen molar-refractivity contribution in [3.8, 4) is 5.75 Å². The molecule has 1 aromatic rings. The molecule has 1 aliphatic carbocycles. The molecule has 4 heteroatoms. The van der Waals surface area contributed by atoms with Gasteiger partial charge in [-0.3, -0.25) is 4.79 Å². The first-order chi connectivity index (χ1) is 8.16. The fourth-order valence-electron chi connectivity index (χ4n) is 2.05. The van der Waals surface area contributed by atoms with Crippen LogP contribution in [-0.4, -0.2) is 24.7 Å². The maximum absolute atomic E-state index is 11.2. The van der Waals surface area contributed by atoms with Crippen molar-refractivity contribution < 1.29 is 14.6 Å². The lowest BCUT2D eigenvalue weighted by atomic mass is 9.69. The average molecular weight is 235 g/mol. The standard InChI is InChI=1S/C13H17NO3/c1-17-11-5-3-10(4-6-11)14-9-13(12(15)16)7-2-8-13/h3-6,14H,2,7-9H2,1H3,(H,15,16). The van der Waals surface area contributed by atoms with Crippen molar-refractivity contribution in [2.24, 2.45) is 5.41 Å². The second kappa shape index (κ2) is 4.65. The summed E-state index contributed by atoms with van der Waals surface area (Å²) in [7, 11) is 1.62. The topological polar surface area (TPSA) is 58.6 Å². The minimum absolute atomic E-state index is 0.495. The summed E-state index contributed by atoms with van der Waals surface area (Å²) in [4.78, 5) is 11.2. The quantitative estimate of drug-likeness (QED) is 0.822. The van der Waals surface area contributed by atoms with E-state index in [4.69, 9.17) is 4.74 Å². The van der Waals surface area contributed by atoms with E-state index >= 15 is 0 Å². The van der Waals surface area contributed by atoms with Crippen LogP contribution in [0.4, 0.5) is 5.69 Å². The number of carboxylic acids is 1. The first kappa shape index (κ1) is 11.8. The van der Waals surface area contributed by atoms with Crippen molar-refractivity contribution in [1.29, 1.82) is 0 Å². The molecule has 0 spiro atoms. The number of ether oxygens (including phenoxy) is 1. The number of rotatable bonds is 5. The molecule has 0 saturated heterocycles. The first-order valence-corrected chi connectivity index (χ1v) is 5.78. The van der Waals surface area contributed by atoms with Crippen LogP contribution in [0.3, 0.4) is 0 Å². The van der Waals surface area contributed by atoms with Crippen LogP contribution in [0.5, 0.6) is 5.75 Å². The van der Waals surface area contributed by atoms with Gasteiger partial charge in [0.1, 0.15) is 5.75 Å². The van der Waals surface area contributed by atoms with Crippen LogP contribution in [0.25, 0.3) is 0 Å². The highest BCUT2D eigenvalue weighted by Crippen LogP contribution is 2.41. The number of methoxy groups -OCH3 is 1. The van der Waals surface area contributed by atoms with Gasteiger partial charge in [-0.15, -0.1) is 0 Å². The number of hydrogen-bond acceptors (Lipinski definition) is 3. The van der Waals surface area contributed by atoms with Crippen LogP contribution < -0.4 is 10.1 Å². The molecule has 1 aromatic carbocycles. The number of hydrogen-bond donors (Lipinski definition) is 2. The Labute approximate surface area is 101 Å². The molecule has 1 saturated carbocycles. The largest absolute Gasteiger partial charge is 0.497 e.